The molecule has 2 unspecified atom stereocenters. The maximum absolute atomic E-state index is 12.5. The van der Waals surface area contributed by atoms with Crippen LogP contribution in [0.4, 0.5) is 0 Å². The number of hydrogen-bond acceptors (Lipinski definition) is 4. The van der Waals surface area contributed by atoms with Gasteiger partial charge >= 0.3 is 5.97 Å². The number of likely N-dealkylation sites (tertiary alicyclic amines) is 1. The second-order valence-corrected chi connectivity index (χ2v) is 6.77. The van der Waals surface area contributed by atoms with Gasteiger partial charge in [-0.1, -0.05) is 19.8 Å². The summed E-state index contributed by atoms with van der Waals surface area (Å²) in [5.74, 6) is 0.733. The van der Waals surface area contributed by atoms with Gasteiger partial charge in [0, 0.05) is 38.6 Å². The highest BCUT2D eigenvalue weighted by Crippen LogP contribution is 2.27. The van der Waals surface area contributed by atoms with E-state index >= 15 is 0 Å². The smallest absolute Gasteiger partial charge is 0.310 e. The van der Waals surface area contributed by atoms with Crippen molar-refractivity contribution in [3.05, 3.63) is 0 Å². The Hall–Kier alpha value is -1.06. The molecule has 0 aromatic carbocycles. The summed E-state index contributed by atoms with van der Waals surface area (Å²) in [6.45, 7) is 3.80. The van der Waals surface area contributed by atoms with E-state index in [4.69, 9.17) is 4.74 Å². The molecule has 7 nitrogen and oxygen atoms in total. The number of halogens is 1. The summed E-state index contributed by atoms with van der Waals surface area (Å²) in [6, 6.07) is 0.204. The Balaban J connectivity index is 0.00000312. The predicted molar refractivity (Wildman–Crippen MR) is 108 cm³/mol. The van der Waals surface area contributed by atoms with E-state index in [1.165, 1.54) is 20.0 Å². The lowest BCUT2D eigenvalue weighted by Crippen LogP contribution is -2.47. The van der Waals surface area contributed by atoms with Crippen molar-refractivity contribution in [2.75, 3.05) is 33.8 Å². The van der Waals surface area contributed by atoms with Crippen LogP contribution in [-0.4, -0.2) is 62.6 Å². The lowest BCUT2D eigenvalue weighted by molar-refractivity contribution is -0.144. The van der Waals surface area contributed by atoms with E-state index in [0.29, 0.717) is 18.4 Å². The molecule has 0 radical (unpaired) electrons. The fourth-order valence-electron chi connectivity index (χ4n) is 3.43. The number of carbonyl (C=O) groups excluding carboxylic acids is 2. The van der Waals surface area contributed by atoms with Crippen molar-refractivity contribution in [3.63, 3.8) is 0 Å². The van der Waals surface area contributed by atoms with Gasteiger partial charge in [-0.25, -0.2) is 0 Å². The monoisotopic (exact) mass is 466 g/mol. The van der Waals surface area contributed by atoms with Crippen LogP contribution in [0.15, 0.2) is 4.99 Å². The average Bonchev–Trinajstić information content (AvgIpc) is 3.28. The third-order valence-corrected chi connectivity index (χ3v) is 4.95. The second-order valence-electron chi connectivity index (χ2n) is 6.77. The molecule has 1 heterocycles. The minimum absolute atomic E-state index is 0. The van der Waals surface area contributed by atoms with E-state index in [9.17, 15) is 9.59 Å². The number of ether oxygens (including phenoxy) is 1. The standard InChI is InChI=1S/C17H30N4O3.HI/c1-12(16(23)24-3)10-19-17(18-2)20-14-8-9-21(11-14)15(22)13-6-4-5-7-13;/h12-14H,4-11H2,1-3H3,(H2,18,19,20);1H. The zero-order chi connectivity index (χ0) is 17.5. The predicted octanol–water partition coefficient (Wildman–Crippen LogP) is 1.37. The summed E-state index contributed by atoms with van der Waals surface area (Å²) in [5, 5.41) is 6.49. The first-order valence-electron chi connectivity index (χ1n) is 8.89. The van der Waals surface area contributed by atoms with Crippen LogP contribution < -0.4 is 10.6 Å². The SMILES string of the molecule is CN=C(NCC(C)C(=O)OC)NC1CCN(C(=O)C2CCCC2)C1.I. The molecule has 1 aliphatic carbocycles. The molecule has 1 saturated carbocycles. The summed E-state index contributed by atoms with van der Waals surface area (Å²) >= 11 is 0. The van der Waals surface area contributed by atoms with Crippen molar-refractivity contribution >= 4 is 41.8 Å². The number of nitrogens with one attached hydrogen (secondary N) is 2. The Bertz CT molecular complexity index is 481. The first-order valence-corrected chi connectivity index (χ1v) is 8.89. The molecule has 0 aromatic rings. The lowest BCUT2D eigenvalue weighted by Gasteiger charge is -2.22. The molecular weight excluding hydrogens is 435 g/mol. The second kappa shape index (κ2) is 10.8. The van der Waals surface area contributed by atoms with Crippen molar-refractivity contribution in [1.29, 1.82) is 0 Å². The Morgan fingerprint density at radius 1 is 1.28 bits per heavy atom. The van der Waals surface area contributed by atoms with Crippen molar-refractivity contribution in [2.24, 2.45) is 16.8 Å². The third kappa shape index (κ3) is 6.31. The molecule has 0 spiro atoms. The van der Waals surface area contributed by atoms with E-state index in [-0.39, 0.29) is 47.8 Å². The minimum Gasteiger partial charge on any atom is -0.469 e. The van der Waals surface area contributed by atoms with Crippen molar-refractivity contribution in [2.45, 2.75) is 45.1 Å². The minimum atomic E-state index is -0.243. The number of hydrogen-bond donors (Lipinski definition) is 2. The normalized spacial score (nSPS) is 22.3. The molecule has 0 aromatic heterocycles. The van der Waals surface area contributed by atoms with Crippen molar-refractivity contribution < 1.29 is 14.3 Å². The molecule has 1 aliphatic heterocycles. The number of guanidine groups is 1. The molecule has 1 amide bonds. The van der Waals surface area contributed by atoms with Gasteiger partial charge in [0.1, 0.15) is 0 Å². The van der Waals surface area contributed by atoms with Gasteiger partial charge in [-0.15, -0.1) is 24.0 Å². The highest BCUT2D eigenvalue weighted by atomic mass is 127. The van der Waals surface area contributed by atoms with Gasteiger partial charge < -0.3 is 20.3 Å². The number of nitrogens with zero attached hydrogens (tertiary/aromatic N) is 2. The zero-order valence-electron chi connectivity index (χ0n) is 15.4. The molecule has 8 heteroatoms. The summed E-state index contributed by atoms with van der Waals surface area (Å²) in [7, 11) is 3.09. The van der Waals surface area contributed by atoms with Gasteiger partial charge in [0.25, 0.3) is 0 Å². The molecule has 2 rings (SSSR count). The first kappa shape index (κ1) is 22.0. The largest absolute Gasteiger partial charge is 0.469 e. The van der Waals surface area contributed by atoms with Crippen LogP contribution >= 0.6 is 24.0 Å². The van der Waals surface area contributed by atoms with Crippen molar-refractivity contribution in [3.8, 4) is 0 Å². The molecular formula is C17H31IN4O3. The number of carbonyl (C=O) groups is 2. The van der Waals surface area contributed by atoms with E-state index in [2.05, 4.69) is 15.6 Å². The molecule has 1 saturated heterocycles. The van der Waals surface area contributed by atoms with E-state index < -0.39 is 0 Å². The van der Waals surface area contributed by atoms with Crippen LogP contribution in [-0.2, 0) is 14.3 Å². The topological polar surface area (TPSA) is 83.0 Å². The summed E-state index contributed by atoms with van der Waals surface area (Å²) < 4.78 is 4.72. The number of amides is 1. The molecule has 2 N–H and O–H groups in total. The first-order chi connectivity index (χ1) is 11.5. The van der Waals surface area contributed by atoms with Crippen LogP contribution in [0.25, 0.3) is 0 Å². The van der Waals surface area contributed by atoms with E-state index in [1.807, 2.05) is 11.8 Å². The average molecular weight is 466 g/mol. The Kier molecular flexibility index (Phi) is 9.52. The van der Waals surface area contributed by atoms with Gasteiger partial charge in [-0.2, -0.15) is 0 Å². The van der Waals surface area contributed by atoms with E-state index in [0.717, 1.165) is 32.4 Å². The molecule has 144 valence electrons. The van der Waals surface area contributed by atoms with Crippen LogP contribution in [0.2, 0.25) is 0 Å². The molecule has 2 fully saturated rings. The fraction of sp³-hybridized carbons (Fsp3) is 0.824. The maximum Gasteiger partial charge on any atom is 0.310 e. The summed E-state index contributed by atoms with van der Waals surface area (Å²) in [5.41, 5.74) is 0. The quantitative estimate of drug-likeness (QED) is 0.277. The Morgan fingerprint density at radius 2 is 1.96 bits per heavy atom. The lowest BCUT2D eigenvalue weighted by atomic mass is 10.1. The van der Waals surface area contributed by atoms with Gasteiger partial charge in [0.05, 0.1) is 13.0 Å². The van der Waals surface area contributed by atoms with Crippen molar-refractivity contribution in [1.82, 2.24) is 15.5 Å². The fourth-order valence-corrected chi connectivity index (χ4v) is 3.43. The maximum atomic E-state index is 12.5. The molecule has 2 aliphatic rings. The van der Waals surface area contributed by atoms with Crippen LogP contribution in [0, 0.1) is 11.8 Å². The van der Waals surface area contributed by atoms with E-state index in [1.54, 1.807) is 7.05 Å². The van der Waals surface area contributed by atoms with Crippen LogP contribution in [0.3, 0.4) is 0 Å². The summed E-state index contributed by atoms with van der Waals surface area (Å²) in [4.78, 5) is 30.1. The van der Waals surface area contributed by atoms with Gasteiger partial charge in [0.2, 0.25) is 5.91 Å². The number of aliphatic imine (C=N–C) groups is 1. The van der Waals surface area contributed by atoms with Crippen LogP contribution in [0.1, 0.15) is 39.0 Å². The highest BCUT2D eigenvalue weighted by molar-refractivity contribution is 14.0. The third-order valence-electron chi connectivity index (χ3n) is 4.95. The summed E-state index contributed by atoms with van der Waals surface area (Å²) in [6.07, 6.45) is 5.37. The Morgan fingerprint density at radius 3 is 2.56 bits per heavy atom. The number of esters is 1. The Labute approximate surface area is 167 Å². The van der Waals surface area contributed by atoms with Gasteiger partial charge in [-0.05, 0) is 19.3 Å². The molecule has 25 heavy (non-hydrogen) atoms. The highest BCUT2D eigenvalue weighted by Gasteiger charge is 2.32. The van der Waals surface area contributed by atoms with Crippen LogP contribution in [0.5, 0.6) is 0 Å². The van der Waals surface area contributed by atoms with Gasteiger partial charge in [0.15, 0.2) is 5.96 Å². The van der Waals surface area contributed by atoms with Gasteiger partial charge in [-0.3, -0.25) is 14.6 Å². The molecule has 0 bridgehead atoms. The zero-order valence-corrected chi connectivity index (χ0v) is 17.7. The number of rotatable bonds is 5. The molecule has 2 atom stereocenters. The number of methoxy groups -OCH3 is 1.